The Hall–Kier alpha value is -1.89. The van der Waals surface area contributed by atoms with E-state index in [1.54, 1.807) is 24.4 Å². The molecule has 1 aliphatic heterocycles. The fraction of sp³-hybridized carbons (Fsp3) is 0.400. The Bertz CT molecular complexity index is 726. The van der Waals surface area contributed by atoms with Gasteiger partial charge in [-0.2, -0.15) is 0 Å². The first-order valence-corrected chi connectivity index (χ1v) is 9.05. The van der Waals surface area contributed by atoms with Crippen LogP contribution in [0, 0.1) is 11.7 Å². The zero-order valence-electron chi connectivity index (χ0n) is 15.5. The number of pyridine rings is 1. The number of carbonyl (C=O) groups is 1. The third-order valence-corrected chi connectivity index (χ3v) is 4.54. The van der Waals surface area contributed by atoms with Crippen molar-refractivity contribution in [1.82, 2.24) is 15.6 Å². The number of nitrogens with zero attached hydrogens (tertiary/aromatic N) is 1. The van der Waals surface area contributed by atoms with Crippen molar-refractivity contribution >= 4 is 30.7 Å². The summed E-state index contributed by atoms with van der Waals surface area (Å²) < 4.78 is 18.6. The molecule has 154 valence electrons. The van der Waals surface area contributed by atoms with Crippen LogP contribution in [0.4, 0.5) is 4.39 Å². The van der Waals surface area contributed by atoms with Crippen molar-refractivity contribution in [3.8, 4) is 11.6 Å². The molecule has 0 radical (unpaired) electrons. The van der Waals surface area contributed by atoms with E-state index in [-0.39, 0.29) is 36.5 Å². The van der Waals surface area contributed by atoms with Crippen LogP contribution in [0.25, 0.3) is 0 Å². The van der Waals surface area contributed by atoms with Crippen LogP contribution in [0.1, 0.15) is 31.2 Å². The number of nitrogens with one attached hydrogen (secondary N) is 2. The van der Waals surface area contributed by atoms with Gasteiger partial charge in [0.1, 0.15) is 11.6 Å². The minimum atomic E-state index is -0.355. The van der Waals surface area contributed by atoms with Gasteiger partial charge < -0.3 is 15.4 Å². The molecule has 1 aromatic carbocycles. The summed E-state index contributed by atoms with van der Waals surface area (Å²) in [5.41, 5.74) is 0.895. The van der Waals surface area contributed by atoms with Crippen molar-refractivity contribution in [1.29, 1.82) is 0 Å². The molecule has 0 spiro atoms. The second-order valence-electron chi connectivity index (χ2n) is 6.57. The highest BCUT2D eigenvalue weighted by atomic mass is 35.5. The van der Waals surface area contributed by atoms with Crippen LogP contribution in [-0.4, -0.2) is 24.0 Å². The van der Waals surface area contributed by atoms with Crippen molar-refractivity contribution < 1.29 is 13.9 Å². The molecule has 2 N–H and O–H groups in total. The highest BCUT2D eigenvalue weighted by molar-refractivity contribution is 5.85. The normalized spacial score (nSPS) is 13.8. The van der Waals surface area contributed by atoms with Gasteiger partial charge in [-0.25, -0.2) is 9.37 Å². The maximum absolute atomic E-state index is 13.1. The molecule has 1 saturated heterocycles. The number of benzene rings is 1. The predicted octanol–water partition coefficient (Wildman–Crippen LogP) is 4.25. The van der Waals surface area contributed by atoms with E-state index in [1.165, 1.54) is 12.1 Å². The number of piperidine rings is 1. The standard InChI is InChI=1S/C20H24FN3O2.2ClH/c21-17-2-1-3-18(12-17)26-20-7-5-16(14-24-20)13-23-19(25)6-4-15-8-10-22-11-9-15;;/h1-3,5,7,12,14-15,22H,4,6,8-11,13H2,(H,23,25);2*1H. The smallest absolute Gasteiger partial charge is 0.220 e. The van der Waals surface area contributed by atoms with Crippen LogP contribution in [-0.2, 0) is 11.3 Å². The van der Waals surface area contributed by atoms with E-state index in [4.69, 9.17) is 4.74 Å². The molecule has 0 aliphatic carbocycles. The molecule has 1 amide bonds. The fourth-order valence-corrected chi connectivity index (χ4v) is 3.02. The fourth-order valence-electron chi connectivity index (χ4n) is 3.02. The molecule has 28 heavy (non-hydrogen) atoms. The molecule has 5 nitrogen and oxygen atoms in total. The van der Waals surface area contributed by atoms with Gasteiger partial charge in [0.25, 0.3) is 0 Å². The highest BCUT2D eigenvalue weighted by Crippen LogP contribution is 2.20. The summed E-state index contributed by atoms with van der Waals surface area (Å²) in [4.78, 5) is 16.2. The Balaban J connectivity index is 0.00000196. The second-order valence-corrected chi connectivity index (χ2v) is 6.57. The van der Waals surface area contributed by atoms with Crippen molar-refractivity contribution in [3.63, 3.8) is 0 Å². The topological polar surface area (TPSA) is 63.2 Å². The number of hydrogen-bond donors (Lipinski definition) is 2. The van der Waals surface area contributed by atoms with Gasteiger partial charge in [0, 0.05) is 31.3 Å². The second kappa shape index (κ2) is 12.5. The number of aromatic nitrogens is 1. The Labute approximate surface area is 177 Å². The summed E-state index contributed by atoms with van der Waals surface area (Å²) in [6.45, 7) is 2.56. The first-order chi connectivity index (χ1) is 12.7. The Morgan fingerprint density at radius 3 is 2.68 bits per heavy atom. The van der Waals surface area contributed by atoms with Crippen LogP contribution in [0.2, 0.25) is 0 Å². The third kappa shape index (κ3) is 8.00. The van der Waals surface area contributed by atoms with Crippen molar-refractivity contribution in [2.45, 2.75) is 32.2 Å². The average Bonchev–Trinajstić information content (AvgIpc) is 2.67. The zero-order chi connectivity index (χ0) is 18.2. The molecule has 0 saturated carbocycles. The lowest BCUT2D eigenvalue weighted by Crippen LogP contribution is -2.29. The average molecular weight is 430 g/mol. The highest BCUT2D eigenvalue weighted by Gasteiger charge is 2.14. The lowest BCUT2D eigenvalue weighted by Gasteiger charge is -2.22. The van der Waals surface area contributed by atoms with Crippen molar-refractivity contribution in [2.24, 2.45) is 5.92 Å². The largest absolute Gasteiger partial charge is 0.439 e. The maximum atomic E-state index is 13.1. The molecule has 0 atom stereocenters. The summed E-state index contributed by atoms with van der Waals surface area (Å²) in [5.74, 6) is 1.16. The first kappa shape index (κ1) is 24.1. The predicted molar refractivity (Wildman–Crippen MR) is 112 cm³/mol. The van der Waals surface area contributed by atoms with E-state index in [2.05, 4.69) is 15.6 Å². The lowest BCUT2D eigenvalue weighted by atomic mass is 9.93. The van der Waals surface area contributed by atoms with Crippen LogP contribution < -0.4 is 15.4 Å². The molecular formula is C20H26Cl2FN3O2. The Morgan fingerprint density at radius 2 is 2.00 bits per heavy atom. The van der Waals surface area contributed by atoms with E-state index < -0.39 is 0 Å². The van der Waals surface area contributed by atoms with Crippen molar-refractivity contribution in [3.05, 3.63) is 54.0 Å². The van der Waals surface area contributed by atoms with Gasteiger partial charge >= 0.3 is 0 Å². The number of halogens is 3. The molecule has 1 fully saturated rings. The van der Waals surface area contributed by atoms with Gasteiger partial charge in [-0.1, -0.05) is 12.1 Å². The van der Waals surface area contributed by atoms with E-state index in [1.807, 2.05) is 6.07 Å². The van der Waals surface area contributed by atoms with Crippen molar-refractivity contribution in [2.75, 3.05) is 13.1 Å². The van der Waals surface area contributed by atoms with E-state index in [0.717, 1.165) is 37.9 Å². The first-order valence-electron chi connectivity index (χ1n) is 9.05. The number of ether oxygens (including phenoxy) is 1. The van der Waals surface area contributed by atoms with Crippen LogP contribution in [0.15, 0.2) is 42.6 Å². The number of amides is 1. The quantitative estimate of drug-likeness (QED) is 0.690. The molecule has 0 bridgehead atoms. The lowest BCUT2D eigenvalue weighted by molar-refractivity contribution is -0.121. The van der Waals surface area contributed by atoms with Gasteiger partial charge in [0.05, 0.1) is 0 Å². The monoisotopic (exact) mass is 429 g/mol. The molecule has 1 aliphatic rings. The minimum absolute atomic E-state index is 0. The van der Waals surface area contributed by atoms with E-state index >= 15 is 0 Å². The number of hydrogen-bond acceptors (Lipinski definition) is 4. The Morgan fingerprint density at radius 1 is 1.21 bits per heavy atom. The summed E-state index contributed by atoms with van der Waals surface area (Å²) in [6.07, 6.45) is 5.49. The molecule has 0 unspecified atom stereocenters. The van der Waals surface area contributed by atoms with Gasteiger partial charge in [0.2, 0.25) is 11.8 Å². The van der Waals surface area contributed by atoms with Crippen LogP contribution >= 0.6 is 24.8 Å². The van der Waals surface area contributed by atoms with E-state index in [0.29, 0.717) is 30.5 Å². The van der Waals surface area contributed by atoms with Gasteiger partial charge in [-0.05, 0) is 56.0 Å². The molecular weight excluding hydrogens is 404 g/mol. The minimum Gasteiger partial charge on any atom is -0.439 e. The summed E-state index contributed by atoms with van der Waals surface area (Å²) in [6, 6.07) is 9.46. The molecule has 1 aromatic heterocycles. The molecule has 3 rings (SSSR count). The number of rotatable bonds is 7. The maximum Gasteiger partial charge on any atom is 0.220 e. The van der Waals surface area contributed by atoms with Gasteiger partial charge in [-0.15, -0.1) is 24.8 Å². The van der Waals surface area contributed by atoms with Gasteiger partial charge in [0.15, 0.2) is 0 Å². The molecule has 8 heteroatoms. The Kier molecular flexibility index (Phi) is 10.8. The van der Waals surface area contributed by atoms with E-state index in [9.17, 15) is 9.18 Å². The SMILES string of the molecule is Cl.Cl.O=C(CCC1CCNCC1)NCc1ccc(Oc2cccc(F)c2)nc1. The van der Waals surface area contributed by atoms with Gasteiger partial charge in [-0.3, -0.25) is 4.79 Å². The third-order valence-electron chi connectivity index (χ3n) is 4.54. The molecule has 2 heterocycles. The summed E-state index contributed by atoms with van der Waals surface area (Å²) in [7, 11) is 0. The summed E-state index contributed by atoms with van der Waals surface area (Å²) in [5, 5.41) is 6.27. The van der Waals surface area contributed by atoms with Crippen LogP contribution in [0.3, 0.4) is 0 Å². The zero-order valence-corrected chi connectivity index (χ0v) is 17.2. The van der Waals surface area contributed by atoms with Crippen LogP contribution in [0.5, 0.6) is 11.6 Å². The summed E-state index contributed by atoms with van der Waals surface area (Å²) >= 11 is 0. The molecule has 2 aromatic rings. The number of carbonyl (C=O) groups excluding carboxylic acids is 1.